The molecule has 1 aliphatic heterocycles. The Morgan fingerprint density at radius 2 is 2.18 bits per heavy atom. The van der Waals surface area contributed by atoms with Crippen LogP contribution in [0.5, 0.6) is 0 Å². The zero-order chi connectivity index (χ0) is 12.7. The Hall–Kier alpha value is -0.170. The summed E-state index contributed by atoms with van der Waals surface area (Å²) in [7, 11) is -2.84. The van der Waals surface area contributed by atoms with Gasteiger partial charge in [-0.15, -0.1) is 0 Å². The van der Waals surface area contributed by atoms with Crippen molar-refractivity contribution in [1.29, 1.82) is 0 Å². The third kappa shape index (κ3) is 7.70. The zero-order valence-electron chi connectivity index (χ0n) is 10.8. The van der Waals surface area contributed by atoms with Crippen LogP contribution in [0.2, 0.25) is 0 Å². The molecule has 1 unspecified atom stereocenters. The van der Waals surface area contributed by atoms with E-state index in [1.54, 1.807) is 0 Å². The lowest BCUT2D eigenvalue weighted by molar-refractivity contribution is 0.0679. The second-order valence-corrected chi connectivity index (χ2v) is 6.98. The molecule has 1 saturated heterocycles. The van der Waals surface area contributed by atoms with Gasteiger partial charge in [-0.2, -0.15) is 0 Å². The van der Waals surface area contributed by atoms with Gasteiger partial charge in [0.15, 0.2) is 0 Å². The fourth-order valence-corrected chi connectivity index (χ4v) is 2.42. The highest BCUT2D eigenvalue weighted by molar-refractivity contribution is 7.90. The van der Waals surface area contributed by atoms with Crippen LogP contribution in [-0.4, -0.2) is 70.8 Å². The Bertz CT molecular complexity index is 306. The van der Waals surface area contributed by atoms with Gasteiger partial charge in [0.2, 0.25) is 0 Å². The van der Waals surface area contributed by atoms with Crippen molar-refractivity contribution in [1.82, 2.24) is 10.2 Å². The molecule has 0 aromatic heterocycles. The number of rotatable bonds is 6. The molecule has 0 saturated carbocycles. The van der Waals surface area contributed by atoms with Crippen LogP contribution in [0.4, 0.5) is 0 Å². The molecule has 0 amide bonds. The number of ether oxygens (including phenoxy) is 1. The fraction of sp³-hybridized carbons (Fsp3) is 1.00. The van der Waals surface area contributed by atoms with Gasteiger partial charge in [0.25, 0.3) is 0 Å². The van der Waals surface area contributed by atoms with Crippen molar-refractivity contribution in [2.24, 2.45) is 0 Å². The number of nitrogens with zero attached hydrogens (tertiary/aromatic N) is 1. The maximum atomic E-state index is 10.9. The summed E-state index contributed by atoms with van der Waals surface area (Å²) < 4.78 is 27.4. The van der Waals surface area contributed by atoms with Gasteiger partial charge in [0, 0.05) is 45.6 Å². The van der Waals surface area contributed by atoms with Gasteiger partial charge in [-0.25, -0.2) is 8.42 Å². The second-order valence-electron chi connectivity index (χ2n) is 4.72. The average Bonchev–Trinajstić information content (AvgIpc) is 2.40. The molecule has 1 N–H and O–H groups in total. The zero-order valence-corrected chi connectivity index (χ0v) is 11.6. The highest BCUT2D eigenvalue weighted by Gasteiger charge is 2.14. The van der Waals surface area contributed by atoms with E-state index in [2.05, 4.69) is 17.1 Å². The molecule has 6 heteroatoms. The first-order chi connectivity index (χ1) is 7.97. The molecule has 102 valence electrons. The van der Waals surface area contributed by atoms with Gasteiger partial charge in [-0.3, -0.25) is 4.90 Å². The van der Waals surface area contributed by atoms with Gasteiger partial charge < -0.3 is 10.1 Å². The highest BCUT2D eigenvalue weighted by atomic mass is 32.2. The number of hydrogen-bond donors (Lipinski definition) is 1. The molecule has 0 radical (unpaired) electrons. The smallest absolute Gasteiger partial charge is 0.148 e. The molecule has 1 aliphatic rings. The van der Waals surface area contributed by atoms with E-state index in [0.717, 1.165) is 39.2 Å². The number of hydrogen-bond acceptors (Lipinski definition) is 5. The van der Waals surface area contributed by atoms with E-state index in [9.17, 15) is 8.42 Å². The van der Waals surface area contributed by atoms with Crippen molar-refractivity contribution in [2.45, 2.75) is 19.4 Å². The summed E-state index contributed by atoms with van der Waals surface area (Å²) in [6.07, 6.45) is 2.64. The van der Waals surface area contributed by atoms with E-state index < -0.39 is 9.84 Å². The molecule has 0 bridgehead atoms. The topological polar surface area (TPSA) is 58.6 Å². The van der Waals surface area contributed by atoms with Crippen molar-refractivity contribution in [3.63, 3.8) is 0 Å². The molecule has 0 aliphatic carbocycles. The summed E-state index contributed by atoms with van der Waals surface area (Å²) in [5.74, 6) is 0.215. The van der Waals surface area contributed by atoms with Crippen LogP contribution in [-0.2, 0) is 14.6 Å². The van der Waals surface area contributed by atoms with Crippen LogP contribution in [0.3, 0.4) is 0 Å². The molecular weight excluding hydrogens is 240 g/mol. The van der Waals surface area contributed by atoms with Gasteiger partial charge >= 0.3 is 0 Å². The van der Waals surface area contributed by atoms with E-state index in [1.807, 2.05) is 0 Å². The lowest BCUT2D eigenvalue weighted by atomic mass is 10.3. The van der Waals surface area contributed by atoms with E-state index in [1.165, 1.54) is 6.26 Å². The van der Waals surface area contributed by atoms with Crippen LogP contribution in [0.15, 0.2) is 0 Å². The summed E-state index contributed by atoms with van der Waals surface area (Å²) in [5.41, 5.74) is 0. The summed E-state index contributed by atoms with van der Waals surface area (Å²) in [6, 6.07) is 0. The first-order valence-electron chi connectivity index (χ1n) is 6.20. The molecule has 1 rings (SSSR count). The summed E-state index contributed by atoms with van der Waals surface area (Å²) >= 11 is 0. The number of nitrogens with one attached hydrogen (secondary N) is 1. The molecular formula is C11H24N2O3S. The van der Waals surface area contributed by atoms with Crippen LogP contribution in [0.1, 0.15) is 13.3 Å². The minimum absolute atomic E-state index is 0.215. The predicted molar refractivity (Wildman–Crippen MR) is 69.1 cm³/mol. The Labute approximate surface area is 104 Å². The standard InChI is InChI=1S/C11H24N2O3S/c1-11-10-13(6-3-8-16-11)7-4-12-5-9-17(2,14)15/h11-12H,3-10H2,1-2H3. The largest absolute Gasteiger partial charge is 0.377 e. The average molecular weight is 264 g/mol. The molecule has 1 heterocycles. The van der Waals surface area contributed by atoms with Gasteiger partial charge in [-0.1, -0.05) is 0 Å². The molecule has 17 heavy (non-hydrogen) atoms. The number of sulfone groups is 1. The minimum atomic E-state index is -2.84. The van der Waals surface area contributed by atoms with E-state index in [4.69, 9.17) is 4.74 Å². The van der Waals surface area contributed by atoms with Crippen molar-refractivity contribution in [2.75, 3.05) is 51.3 Å². The fourth-order valence-electron chi connectivity index (χ4n) is 1.90. The van der Waals surface area contributed by atoms with Crippen molar-refractivity contribution < 1.29 is 13.2 Å². The van der Waals surface area contributed by atoms with E-state index in [0.29, 0.717) is 12.6 Å². The van der Waals surface area contributed by atoms with Crippen molar-refractivity contribution in [3.8, 4) is 0 Å². The van der Waals surface area contributed by atoms with Gasteiger partial charge in [0.1, 0.15) is 9.84 Å². The van der Waals surface area contributed by atoms with Crippen molar-refractivity contribution in [3.05, 3.63) is 0 Å². The normalized spacial score (nSPS) is 23.5. The maximum absolute atomic E-state index is 10.9. The maximum Gasteiger partial charge on any atom is 0.148 e. The molecule has 0 aromatic rings. The van der Waals surface area contributed by atoms with Crippen molar-refractivity contribution >= 4 is 9.84 Å². The third-order valence-electron chi connectivity index (χ3n) is 2.79. The van der Waals surface area contributed by atoms with E-state index in [-0.39, 0.29) is 5.75 Å². The summed E-state index contributed by atoms with van der Waals surface area (Å²) in [5, 5.41) is 3.16. The SMILES string of the molecule is CC1CN(CCNCCS(C)(=O)=O)CCCO1. The van der Waals surface area contributed by atoms with Gasteiger partial charge in [0.05, 0.1) is 11.9 Å². The van der Waals surface area contributed by atoms with E-state index >= 15 is 0 Å². The monoisotopic (exact) mass is 264 g/mol. The molecule has 1 fully saturated rings. The Balaban J connectivity index is 2.09. The Morgan fingerprint density at radius 1 is 1.41 bits per heavy atom. The second kappa shape index (κ2) is 7.31. The van der Waals surface area contributed by atoms with Crippen LogP contribution >= 0.6 is 0 Å². The molecule has 0 spiro atoms. The first kappa shape index (κ1) is 14.9. The Morgan fingerprint density at radius 3 is 2.88 bits per heavy atom. The molecule has 1 atom stereocenters. The lowest BCUT2D eigenvalue weighted by Gasteiger charge is -2.21. The highest BCUT2D eigenvalue weighted by Crippen LogP contribution is 2.04. The van der Waals surface area contributed by atoms with Crippen LogP contribution < -0.4 is 5.32 Å². The van der Waals surface area contributed by atoms with Crippen LogP contribution in [0.25, 0.3) is 0 Å². The summed E-state index contributed by atoms with van der Waals surface area (Å²) in [4.78, 5) is 2.37. The summed E-state index contributed by atoms with van der Waals surface area (Å²) in [6.45, 7) is 7.30. The Kier molecular flexibility index (Phi) is 6.40. The van der Waals surface area contributed by atoms with Gasteiger partial charge in [-0.05, 0) is 13.3 Å². The molecule has 0 aromatic carbocycles. The van der Waals surface area contributed by atoms with Crippen LogP contribution in [0, 0.1) is 0 Å². The lowest BCUT2D eigenvalue weighted by Crippen LogP contribution is -2.37. The molecule has 5 nitrogen and oxygen atoms in total. The quantitative estimate of drug-likeness (QED) is 0.669. The third-order valence-corrected chi connectivity index (χ3v) is 3.74. The minimum Gasteiger partial charge on any atom is -0.377 e. The predicted octanol–water partition coefficient (Wildman–Crippen LogP) is -0.269. The first-order valence-corrected chi connectivity index (χ1v) is 8.26.